The predicted octanol–water partition coefficient (Wildman–Crippen LogP) is 5.77. The van der Waals surface area contributed by atoms with Gasteiger partial charge in [-0.1, -0.05) is 55.2 Å². The molecule has 0 N–H and O–H groups in total. The lowest BCUT2D eigenvalue weighted by atomic mass is 9.65. The Morgan fingerprint density at radius 2 is 1.54 bits per heavy atom. The fourth-order valence-corrected chi connectivity index (χ4v) is 5.83. The minimum atomic E-state index is -0.0541. The van der Waals surface area contributed by atoms with E-state index in [0.717, 1.165) is 46.1 Å². The van der Waals surface area contributed by atoms with Crippen molar-refractivity contribution in [2.75, 3.05) is 0 Å². The van der Waals surface area contributed by atoms with E-state index in [1.54, 1.807) is 17.4 Å². The molecule has 26 heavy (non-hydrogen) atoms. The molecule has 2 aliphatic carbocycles. The molecule has 2 saturated carbocycles. The van der Waals surface area contributed by atoms with E-state index < -0.39 is 0 Å². The van der Waals surface area contributed by atoms with Gasteiger partial charge in [0.1, 0.15) is 13.7 Å². The standard InChI is InChI=1S/C22H25B2FS/c23-18-8-5-15(6-9-18)14-1-3-16(4-2-14)20-10-7-17(11-21(20)25)22-12-19(24)13-26-22/h7,10-16,18H,1-6,8-9H2. The van der Waals surface area contributed by atoms with Gasteiger partial charge in [-0.05, 0) is 66.0 Å². The largest absolute Gasteiger partial charge is 0.207 e. The van der Waals surface area contributed by atoms with Crippen LogP contribution in [0.4, 0.5) is 4.39 Å². The SMILES string of the molecule is [B]c1csc(-c2ccc(C3CCC(C4CCC([B])CC4)CC3)c(F)c2)c1. The maximum absolute atomic E-state index is 14.8. The van der Waals surface area contributed by atoms with E-state index in [1.165, 1.54) is 38.5 Å². The second-order valence-electron chi connectivity index (χ2n) is 8.27. The Labute approximate surface area is 163 Å². The van der Waals surface area contributed by atoms with Gasteiger partial charge in [0.25, 0.3) is 0 Å². The molecule has 0 unspecified atom stereocenters. The molecule has 0 atom stereocenters. The van der Waals surface area contributed by atoms with E-state index >= 15 is 0 Å². The number of hydrogen-bond acceptors (Lipinski definition) is 1. The first kappa shape index (κ1) is 18.3. The lowest BCUT2D eigenvalue weighted by Crippen LogP contribution is -2.24. The second-order valence-corrected chi connectivity index (χ2v) is 9.18. The monoisotopic (exact) mass is 362 g/mol. The number of hydrogen-bond donors (Lipinski definition) is 0. The van der Waals surface area contributed by atoms with Gasteiger partial charge in [0.05, 0.1) is 7.85 Å². The van der Waals surface area contributed by atoms with Crippen LogP contribution in [0, 0.1) is 17.7 Å². The molecule has 0 bridgehead atoms. The zero-order valence-corrected chi connectivity index (χ0v) is 16.1. The molecule has 1 aromatic heterocycles. The van der Waals surface area contributed by atoms with Crippen LogP contribution in [0.3, 0.4) is 0 Å². The van der Waals surface area contributed by atoms with E-state index in [-0.39, 0.29) is 5.82 Å². The number of rotatable bonds is 3. The van der Waals surface area contributed by atoms with Crippen molar-refractivity contribution >= 4 is 32.5 Å². The first-order valence-corrected chi connectivity index (χ1v) is 10.9. The molecule has 0 aliphatic heterocycles. The lowest BCUT2D eigenvalue weighted by molar-refractivity contribution is 0.185. The summed E-state index contributed by atoms with van der Waals surface area (Å²) in [4.78, 5) is 1.03. The van der Waals surface area contributed by atoms with Gasteiger partial charge in [0, 0.05) is 4.88 Å². The fourth-order valence-electron chi connectivity index (χ4n) is 5.03. The van der Waals surface area contributed by atoms with Crippen LogP contribution in [0.25, 0.3) is 10.4 Å². The summed E-state index contributed by atoms with van der Waals surface area (Å²) in [5.74, 6) is 2.43. The van der Waals surface area contributed by atoms with Crippen molar-refractivity contribution in [2.45, 2.75) is 63.1 Å². The third kappa shape index (κ3) is 3.96. The maximum atomic E-state index is 14.8. The van der Waals surface area contributed by atoms with Crippen molar-refractivity contribution in [1.29, 1.82) is 0 Å². The van der Waals surface area contributed by atoms with E-state index in [2.05, 4.69) is 6.07 Å². The van der Waals surface area contributed by atoms with Crippen LogP contribution < -0.4 is 5.46 Å². The number of benzene rings is 1. The molecule has 2 aliphatic rings. The van der Waals surface area contributed by atoms with Crippen molar-refractivity contribution < 1.29 is 4.39 Å². The Kier molecular flexibility index (Phi) is 5.59. The Balaban J connectivity index is 1.40. The quantitative estimate of drug-likeness (QED) is 0.609. The minimum absolute atomic E-state index is 0.0541. The van der Waals surface area contributed by atoms with Gasteiger partial charge in [-0.2, -0.15) is 0 Å². The van der Waals surface area contributed by atoms with Crippen LogP contribution in [0.2, 0.25) is 5.82 Å². The van der Waals surface area contributed by atoms with E-state index in [4.69, 9.17) is 15.7 Å². The van der Waals surface area contributed by atoms with Crippen molar-refractivity contribution in [1.82, 2.24) is 0 Å². The van der Waals surface area contributed by atoms with Crippen molar-refractivity contribution in [3.8, 4) is 10.4 Å². The molecule has 0 nitrogen and oxygen atoms in total. The molecule has 2 fully saturated rings. The summed E-state index contributed by atoms with van der Waals surface area (Å²) in [5.41, 5.74) is 2.58. The topological polar surface area (TPSA) is 0 Å². The molecule has 0 spiro atoms. The van der Waals surface area contributed by atoms with Crippen LogP contribution in [0.5, 0.6) is 0 Å². The molecular weight excluding hydrogens is 337 g/mol. The summed E-state index contributed by atoms with van der Waals surface area (Å²) < 4.78 is 14.8. The van der Waals surface area contributed by atoms with Gasteiger partial charge in [-0.25, -0.2) is 4.39 Å². The van der Waals surface area contributed by atoms with Gasteiger partial charge in [-0.3, -0.25) is 0 Å². The zero-order valence-electron chi connectivity index (χ0n) is 15.3. The van der Waals surface area contributed by atoms with Crippen molar-refractivity contribution in [3.63, 3.8) is 0 Å². The highest BCUT2D eigenvalue weighted by atomic mass is 32.1. The molecule has 4 heteroatoms. The first-order chi connectivity index (χ1) is 12.6. The molecule has 4 rings (SSSR count). The smallest absolute Gasteiger partial charge is 0.127 e. The van der Waals surface area contributed by atoms with Crippen LogP contribution >= 0.6 is 11.3 Å². The van der Waals surface area contributed by atoms with Crippen molar-refractivity contribution in [2.24, 2.45) is 11.8 Å². The average Bonchev–Trinajstić information content (AvgIpc) is 3.09. The third-order valence-corrected chi connectivity index (χ3v) is 7.60. The van der Waals surface area contributed by atoms with Crippen LogP contribution in [-0.2, 0) is 0 Å². The maximum Gasteiger partial charge on any atom is 0.127 e. The molecule has 0 saturated heterocycles. The minimum Gasteiger partial charge on any atom is -0.207 e. The second kappa shape index (κ2) is 7.92. The molecule has 2 aromatic rings. The summed E-state index contributed by atoms with van der Waals surface area (Å²) in [7, 11) is 11.8. The van der Waals surface area contributed by atoms with Crippen molar-refractivity contribution in [3.05, 3.63) is 41.0 Å². The molecule has 132 valence electrons. The van der Waals surface area contributed by atoms with Gasteiger partial charge >= 0.3 is 0 Å². The average molecular weight is 362 g/mol. The molecule has 0 amide bonds. The summed E-state index contributed by atoms with van der Waals surface area (Å²) in [6.07, 6.45) is 9.69. The first-order valence-electron chi connectivity index (χ1n) is 9.99. The van der Waals surface area contributed by atoms with Crippen LogP contribution in [0.15, 0.2) is 29.6 Å². The predicted molar refractivity (Wildman–Crippen MR) is 111 cm³/mol. The van der Waals surface area contributed by atoms with Crippen LogP contribution in [0.1, 0.15) is 62.8 Å². The Morgan fingerprint density at radius 3 is 2.12 bits per heavy atom. The van der Waals surface area contributed by atoms with Gasteiger partial charge < -0.3 is 0 Å². The molecular formula is C22H25B2FS. The summed E-state index contributed by atoms with van der Waals surface area (Å²) >= 11 is 1.57. The highest BCUT2D eigenvalue weighted by molar-refractivity contribution is 7.14. The van der Waals surface area contributed by atoms with Gasteiger partial charge in [-0.15, -0.1) is 11.3 Å². The lowest BCUT2D eigenvalue weighted by Gasteiger charge is -2.37. The number of thiophene rings is 1. The normalized spacial score (nSPS) is 29.6. The fraction of sp³-hybridized carbons (Fsp3) is 0.545. The molecule has 4 radical (unpaired) electrons. The summed E-state index contributed by atoms with van der Waals surface area (Å²) in [5, 5.41) is 1.90. The summed E-state index contributed by atoms with van der Waals surface area (Å²) in [6.45, 7) is 0. The van der Waals surface area contributed by atoms with E-state index in [0.29, 0.717) is 11.7 Å². The Hall–Kier alpha value is -1.02. The zero-order chi connectivity index (χ0) is 18.1. The van der Waals surface area contributed by atoms with E-state index in [9.17, 15) is 4.39 Å². The molecule has 1 aromatic carbocycles. The summed E-state index contributed by atoms with van der Waals surface area (Å²) in [6, 6.07) is 7.67. The number of halogens is 1. The molecule has 1 heterocycles. The highest BCUT2D eigenvalue weighted by Crippen LogP contribution is 2.45. The third-order valence-electron chi connectivity index (χ3n) is 6.60. The van der Waals surface area contributed by atoms with Gasteiger partial charge in [0.2, 0.25) is 0 Å². The van der Waals surface area contributed by atoms with Gasteiger partial charge in [0.15, 0.2) is 0 Å². The van der Waals surface area contributed by atoms with E-state index in [1.807, 2.05) is 17.5 Å². The Morgan fingerprint density at radius 1 is 0.885 bits per heavy atom. The highest BCUT2D eigenvalue weighted by Gasteiger charge is 2.31. The Bertz CT molecular complexity index is 740. The van der Waals surface area contributed by atoms with Crippen LogP contribution in [-0.4, -0.2) is 15.7 Å².